The van der Waals surface area contributed by atoms with Crippen LogP contribution in [0.5, 0.6) is 0 Å². The van der Waals surface area contributed by atoms with Crippen molar-refractivity contribution in [1.82, 2.24) is 10.5 Å². The Morgan fingerprint density at radius 1 is 1.17 bits per heavy atom. The van der Waals surface area contributed by atoms with Gasteiger partial charge in [0, 0.05) is 12.4 Å². The average molecular weight is 393 g/mol. The average Bonchev–Trinajstić information content (AvgIpc) is 3.10. The van der Waals surface area contributed by atoms with E-state index in [0.29, 0.717) is 17.3 Å². The van der Waals surface area contributed by atoms with Gasteiger partial charge in [0.15, 0.2) is 0 Å². The Labute approximate surface area is 173 Å². The number of nitrogens with one attached hydrogen (secondary N) is 1. The maximum Gasteiger partial charge on any atom is 0.312 e. The summed E-state index contributed by atoms with van der Waals surface area (Å²) >= 11 is 0. The van der Waals surface area contributed by atoms with Crippen molar-refractivity contribution in [1.29, 1.82) is 0 Å². The molecular weight excluding hydrogens is 360 g/mol. The molecule has 0 radical (unpaired) electrons. The van der Waals surface area contributed by atoms with Crippen LogP contribution >= 0.6 is 0 Å². The van der Waals surface area contributed by atoms with Crippen molar-refractivity contribution in [3.63, 3.8) is 0 Å². The minimum atomic E-state index is 0.166. The molecule has 4 nitrogen and oxygen atoms in total. The molecule has 5 rings (SSSR count). The monoisotopic (exact) mass is 392 g/mol. The van der Waals surface area contributed by atoms with Crippen LogP contribution in [0.4, 0.5) is 0 Å². The Balaban J connectivity index is 1.40. The van der Waals surface area contributed by atoms with Gasteiger partial charge in [0.1, 0.15) is 0 Å². The van der Waals surface area contributed by atoms with Gasteiger partial charge in [-0.3, -0.25) is 9.78 Å². The third-order valence-corrected chi connectivity index (χ3v) is 8.93. The van der Waals surface area contributed by atoms with E-state index in [1.54, 1.807) is 11.1 Å². The molecule has 4 heteroatoms. The number of carbonyl (C=O) groups excluding carboxylic acids is 1. The molecule has 0 aliphatic heterocycles. The summed E-state index contributed by atoms with van der Waals surface area (Å²) in [5, 5.41) is 0. The van der Waals surface area contributed by atoms with E-state index in [1.807, 2.05) is 12.4 Å². The second-order valence-corrected chi connectivity index (χ2v) is 10.1. The lowest BCUT2D eigenvalue weighted by Gasteiger charge is -2.58. The van der Waals surface area contributed by atoms with Gasteiger partial charge in [0.25, 0.3) is 0 Å². The predicted octanol–water partition coefficient (Wildman–Crippen LogP) is 5.08. The smallest absolute Gasteiger partial charge is 0.312 e. The molecular formula is C25H32N2O2. The zero-order chi connectivity index (χ0) is 20.1. The maximum atomic E-state index is 10.5. The van der Waals surface area contributed by atoms with Gasteiger partial charge in [0.05, 0.1) is 6.04 Å². The number of nitrogens with zero attached hydrogens (tertiary/aromatic N) is 1. The lowest BCUT2D eigenvalue weighted by atomic mass is 9.46. The highest BCUT2D eigenvalue weighted by atomic mass is 16.7. The Kier molecular flexibility index (Phi) is 4.65. The number of allylic oxidation sites excluding steroid dienone is 3. The molecule has 1 heterocycles. The van der Waals surface area contributed by atoms with Crippen LogP contribution in [0.3, 0.4) is 0 Å². The van der Waals surface area contributed by atoms with Crippen molar-refractivity contribution in [3.8, 4) is 0 Å². The second kappa shape index (κ2) is 7.09. The third kappa shape index (κ3) is 2.91. The third-order valence-electron chi connectivity index (χ3n) is 8.93. The van der Waals surface area contributed by atoms with Gasteiger partial charge in [-0.25, -0.2) is 0 Å². The van der Waals surface area contributed by atoms with Crippen LogP contribution in [0.1, 0.15) is 64.4 Å². The molecule has 0 aromatic carbocycles. The van der Waals surface area contributed by atoms with Crippen LogP contribution in [0.25, 0.3) is 5.57 Å². The molecule has 0 saturated heterocycles. The van der Waals surface area contributed by atoms with Crippen molar-refractivity contribution in [3.05, 3.63) is 47.8 Å². The molecule has 6 atom stereocenters. The SMILES string of the molecule is CC12CCC(NOC=O)C=C1CCC1C2CCC2(C)C(c3cccnc3)=CCC12. The van der Waals surface area contributed by atoms with Crippen LogP contribution in [0.2, 0.25) is 0 Å². The molecule has 0 spiro atoms. The molecule has 0 bridgehead atoms. The molecule has 1 N–H and O–H groups in total. The summed E-state index contributed by atoms with van der Waals surface area (Å²) in [6.07, 6.45) is 17.3. The zero-order valence-electron chi connectivity index (χ0n) is 17.6. The predicted molar refractivity (Wildman–Crippen MR) is 113 cm³/mol. The van der Waals surface area contributed by atoms with E-state index in [4.69, 9.17) is 4.84 Å². The molecule has 4 aliphatic carbocycles. The van der Waals surface area contributed by atoms with Gasteiger partial charge < -0.3 is 4.84 Å². The first-order chi connectivity index (χ1) is 14.1. The molecule has 29 heavy (non-hydrogen) atoms. The quantitative estimate of drug-likeness (QED) is 0.441. The van der Waals surface area contributed by atoms with E-state index in [1.165, 1.54) is 44.1 Å². The van der Waals surface area contributed by atoms with Gasteiger partial charge in [-0.05, 0) is 90.7 Å². The number of pyridine rings is 1. The molecule has 2 fully saturated rings. The number of carbonyl (C=O) groups is 1. The highest BCUT2D eigenvalue weighted by Gasteiger charge is 2.57. The largest absolute Gasteiger partial charge is 0.373 e. The van der Waals surface area contributed by atoms with Crippen LogP contribution in [0, 0.1) is 28.6 Å². The van der Waals surface area contributed by atoms with Crippen molar-refractivity contribution >= 4 is 12.0 Å². The minimum absolute atomic E-state index is 0.166. The Morgan fingerprint density at radius 2 is 2.03 bits per heavy atom. The molecule has 6 unspecified atom stereocenters. The zero-order valence-corrected chi connectivity index (χ0v) is 17.6. The fourth-order valence-electron chi connectivity index (χ4n) is 7.47. The first kappa shape index (κ1) is 19.0. The van der Waals surface area contributed by atoms with Crippen LogP contribution < -0.4 is 5.48 Å². The summed E-state index contributed by atoms with van der Waals surface area (Å²) < 4.78 is 0. The lowest BCUT2D eigenvalue weighted by Crippen LogP contribution is -2.50. The number of hydroxylamine groups is 1. The van der Waals surface area contributed by atoms with E-state index in [9.17, 15) is 4.79 Å². The lowest BCUT2D eigenvalue weighted by molar-refractivity contribution is -0.136. The molecule has 4 aliphatic rings. The van der Waals surface area contributed by atoms with E-state index in [0.717, 1.165) is 24.2 Å². The molecule has 1 aromatic heterocycles. The van der Waals surface area contributed by atoms with Gasteiger partial charge >= 0.3 is 6.47 Å². The van der Waals surface area contributed by atoms with Gasteiger partial charge in [-0.2, -0.15) is 0 Å². The first-order valence-electron chi connectivity index (χ1n) is 11.2. The van der Waals surface area contributed by atoms with Crippen molar-refractivity contribution in [2.24, 2.45) is 28.6 Å². The number of rotatable bonds is 4. The summed E-state index contributed by atoms with van der Waals surface area (Å²) in [6, 6.07) is 4.47. The summed E-state index contributed by atoms with van der Waals surface area (Å²) in [5.41, 5.74) is 7.96. The normalized spacial score (nSPS) is 40.8. The Morgan fingerprint density at radius 3 is 2.83 bits per heavy atom. The Hall–Kier alpha value is -1.94. The van der Waals surface area contributed by atoms with Crippen LogP contribution in [0.15, 0.2) is 42.3 Å². The van der Waals surface area contributed by atoms with Gasteiger partial charge in [0.2, 0.25) is 0 Å². The number of hydrogen-bond donors (Lipinski definition) is 1. The van der Waals surface area contributed by atoms with Gasteiger partial charge in [-0.15, -0.1) is 5.48 Å². The highest BCUT2D eigenvalue weighted by molar-refractivity contribution is 5.72. The van der Waals surface area contributed by atoms with Crippen LogP contribution in [-0.2, 0) is 9.63 Å². The summed E-state index contributed by atoms with van der Waals surface area (Å²) in [4.78, 5) is 19.7. The molecule has 2 saturated carbocycles. The summed E-state index contributed by atoms with van der Waals surface area (Å²) in [6.45, 7) is 5.52. The van der Waals surface area contributed by atoms with Gasteiger partial charge in [-0.1, -0.05) is 37.6 Å². The number of aromatic nitrogens is 1. The molecule has 0 amide bonds. The van der Waals surface area contributed by atoms with E-state index < -0.39 is 0 Å². The van der Waals surface area contributed by atoms with E-state index in [-0.39, 0.29) is 6.04 Å². The molecule has 1 aromatic rings. The number of hydrogen-bond acceptors (Lipinski definition) is 4. The first-order valence-corrected chi connectivity index (χ1v) is 11.2. The van der Waals surface area contributed by atoms with Crippen LogP contribution in [-0.4, -0.2) is 17.5 Å². The summed E-state index contributed by atoms with van der Waals surface area (Å²) in [7, 11) is 0. The maximum absolute atomic E-state index is 10.5. The molecule has 154 valence electrons. The fourth-order valence-corrected chi connectivity index (χ4v) is 7.47. The summed E-state index contributed by atoms with van der Waals surface area (Å²) in [5.74, 6) is 2.33. The van der Waals surface area contributed by atoms with Crippen molar-refractivity contribution < 1.29 is 9.63 Å². The van der Waals surface area contributed by atoms with Crippen molar-refractivity contribution in [2.45, 2.75) is 64.8 Å². The minimum Gasteiger partial charge on any atom is -0.373 e. The van der Waals surface area contributed by atoms with E-state index in [2.05, 4.69) is 48.6 Å². The number of fused-ring (bicyclic) bond motifs is 5. The topological polar surface area (TPSA) is 51.2 Å². The second-order valence-electron chi connectivity index (χ2n) is 10.1. The van der Waals surface area contributed by atoms with Crippen molar-refractivity contribution in [2.75, 3.05) is 0 Å². The standard InChI is InChI=1S/C25H32N2O2/c1-24-11-9-19(27-29-16-28)14-18(24)5-6-20-22-8-7-21(17-4-3-13-26-15-17)25(22,2)12-10-23(20)24/h3-4,7,13-16,19-20,22-23,27H,5-6,8-12H2,1-2H3. The highest BCUT2D eigenvalue weighted by Crippen LogP contribution is 2.66. The fraction of sp³-hybridized carbons (Fsp3) is 0.600. The Bertz CT molecular complexity index is 848. The van der Waals surface area contributed by atoms with E-state index >= 15 is 0 Å².